The minimum atomic E-state index is -0.852. The summed E-state index contributed by atoms with van der Waals surface area (Å²) in [6.07, 6.45) is 2.03. The van der Waals surface area contributed by atoms with Crippen LogP contribution in [0.2, 0.25) is 0 Å². The number of hydrogen-bond donors (Lipinski definition) is 2. The molecule has 138 valence electrons. The highest BCUT2D eigenvalue weighted by Crippen LogP contribution is 2.35. The fraction of sp³-hybridized carbons (Fsp3) is 0.294. The SMILES string of the molecule is N#Cc1ccc(Nc2ncnc(N3CCC(C(=O)O)CC3)c2[N+](=O)[O-])cc1. The number of aliphatic carboxylic acids is 1. The number of rotatable bonds is 5. The molecule has 0 amide bonds. The molecule has 1 aromatic carbocycles. The number of carbonyl (C=O) groups is 1. The topological polar surface area (TPSA) is 145 Å². The van der Waals surface area contributed by atoms with Gasteiger partial charge in [0.1, 0.15) is 6.33 Å². The first kappa shape index (κ1) is 18.1. The van der Waals surface area contributed by atoms with Gasteiger partial charge in [-0.2, -0.15) is 5.26 Å². The van der Waals surface area contributed by atoms with E-state index in [9.17, 15) is 14.9 Å². The number of nitro groups is 1. The van der Waals surface area contributed by atoms with Gasteiger partial charge in [-0.3, -0.25) is 14.9 Å². The zero-order valence-corrected chi connectivity index (χ0v) is 14.2. The van der Waals surface area contributed by atoms with Gasteiger partial charge in [0, 0.05) is 18.8 Å². The van der Waals surface area contributed by atoms with E-state index in [1.807, 2.05) is 6.07 Å². The van der Waals surface area contributed by atoms with Gasteiger partial charge in [0.25, 0.3) is 0 Å². The lowest BCUT2D eigenvalue weighted by atomic mass is 9.97. The predicted octanol–water partition coefficient (Wildman–Crippen LogP) is 2.30. The number of carboxylic acid groups (broad SMARTS) is 1. The number of nitrogens with one attached hydrogen (secondary N) is 1. The maximum Gasteiger partial charge on any atom is 0.353 e. The van der Waals surface area contributed by atoms with Crippen molar-refractivity contribution >= 4 is 29.0 Å². The molecule has 27 heavy (non-hydrogen) atoms. The van der Waals surface area contributed by atoms with E-state index in [4.69, 9.17) is 10.4 Å². The lowest BCUT2D eigenvalue weighted by Crippen LogP contribution is -2.37. The third-order valence-electron chi connectivity index (χ3n) is 4.41. The van der Waals surface area contributed by atoms with Crippen LogP contribution in [0.4, 0.5) is 23.0 Å². The molecule has 1 aromatic heterocycles. The van der Waals surface area contributed by atoms with Gasteiger partial charge in [-0.1, -0.05) is 0 Å². The number of piperidine rings is 1. The average Bonchev–Trinajstić information content (AvgIpc) is 2.68. The molecular weight excluding hydrogens is 352 g/mol. The molecule has 0 bridgehead atoms. The first-order chi connectivity index (χ1) is 13.0. The maximum absolute atomic E-state index is 11.7. The fourth-order valence-corrected chi connectivity index (χ4v) is 2.96. The molecule has 2 aromatic rings. The number of carboxylic acids is 1. The summed E-state index contributed by atoms with van der Waals surface area (Å²) in [5, 5.41) is 32.5. The molecule has 0 radical (unpaired) electrons. The number of aromatic nitrogens is 2. The number of hydrogen-bond acceptors (Lipinski definition) is 8. The lowest BCUT2D eigenvalue weighted by molar-refractivity contribution is -0.383. The third kappa shape index (κ3) is 3.92. The molecule has 3 rings (SSSR count). The van der Waals surface area contributed by atoms with Crippen molar-refractivity contribution in [3.8, 4) is 6.07 Å². The summed E-state index contributed by atoms with van der Waals surface area (Å²) in [6, 6.07) is 8.44. The van der Waals surface area contributed by atoms with Crippen molar-refractivity contribution in [2.45, 2.75) is 12.8 Å². The van der Waals surface area contributed by atoms with Crippen molar-refractivity contribution in [3.05, 3.63) is 46.3 Å². The second-order valence-corrected chi connectivity index (χ2v) is 6.07. The molecule has 2 heterocycles. The number of nitrogens with zero attached hydrogens (tertiary/aromatic N) is 5. The Balaban J connectivity index is 1.88. The summed E-state index contributed by atoms with van der Waals surface area (Å²) in [4.78, 5) is 32.0. The molecule has 10 nitrogen and oxygen atoms in total. The van der Waals surface area contributed by atoms with E-state index in [2.05, 4.69) is 15.3 Å². The molecule has 1 aliphatic rings. The van der Waals surface area contributed by atoms with Gasteiger partial charge < -0.3 is 15.3 Å². The Kier molecular flexibility index (Phi) is 5.12. The van der Waals surface area contributed by atoms with E-state index in [-0.39, 0.29) is 17.3 Å². The van der Waals surface area contributed by atoms with Crippen LogP contribution in [0.5, 0.6) is 0 Å². The number of anilines is 3. The van der Waals surface area contributed by atoms with Crippen molar-refractivity contribution in [2.75, 3.05) is 23.3 Å². The smallest absolute Gasteiger partial charge is 0.353 e. The van der Waals surface area contributed by atoms with Gasteiger partial charge in [0.15, 0.2) is 0 Å². The van der Waals surface area contributed by atoms with Crippen LogP contribution in [0.25, 0.3) is 0 Å². The molecule has 0 aliphatic carbocycles. The van der Waals surface area contributed by atoms with Crippen LogP contribution in [-0.2, 0) is 4.79 Å². The Morgan fingerprint density at radius 1 is 1.30 bits per heavy atom. The van der Waals surface area contributed by atoms with Gasteiger partial charge in [0.05, 0.1) is 22.5 Å². The van der Waals surface area contributed by atoms with Gasteiger partial charge in [-0.15, -0.1) is 0 Å². The van der Waals surface area contributed by atoms with Crippen LogP contribution < -0.4 is 10.2 Å². The number of benzene rings is 1. The van der Waals surface area contributed by atoms with Crippen LogP contribution >= 0.6 is 0 Å². The monoisotopic (exact) mass is 368 g/mol. The summed E-state index contributed by atoms with van der Waals surface area (Å²) in [5.74, 6) is -1.10. The van der Waals surface area contributed by atoms with Gasteiger partial charge in [-0.25, -0.2) is 9.97 Å². The molecule has 1 aliphatic heterocycles. The Bertz CT molecular complexity index is 901. The van der Waals surface area contributed by atoms with Crippen molar-refractivity contribution in [2.24, 2.45) is 5.92 Å². The van der Waals surface area contributed by atoms with E-state index < -0.39 is 16.8 Å². The van der Waals surface area contributed by atoms with Gasteiger partial charge in [-0.05, 0) is 37.1 Å². The first-order valence-corrected chi connectivity index (χ1v) is 8.24. The molecule has 10 heteroatoms. The predicted molar refractivity (Wildman–Crippen MR) is 95.7 cm³/mol. The summed E-state index contributed by atoms with van der Waals surface area (Å²) in [6.45, 7) is 0.732. The van der Waals surface area contributed by atoms with Crippen LogP contribution in [-0.4, -0.2) is 39.1 Å². The van der Waals surface area contributed by atoms with E-state index in [1.165, 1.54) is 6.33 Å². The van der Waals surface area contributed by atoms with Crippen molar-refractivity contribution < 1.29 is 14.8 Å². The minimum absolute atomic E-state index is 0.0371. The lowest BCUT2D eigenvalue weighted by Gasteiger charge is -2.30. The van der Waals surface area contributed by atoms with Gasteiger partial charge >= 0.3 is 11.7 Å². The largest absolute Gasteiger partial charge is 0.481 e. The molecule has 1 fully saturated rings. The minimum Gasteiger partial charge on any atom is -0.481 e. The molecule has 0 saturated carbocycles. The zero-order chi connectivity index (χ0) is 19.4. The summed E-state index contributed by atoms with van der Waals surface area (Å²) >= 11 is 0. The standard InChI is InChI=1S/C17H16N6O4/c18-9-11-1-3-13(4-2-11)21-15-14(23(26)27)16(20-10-19-15)22-7-5-12(6-8-22)17(24)25/h1-4,10,12H,5-8H2,(H,24,25)(H,19,20,21). The van der Waals surface area contributed by atoms with E-state index in [0.29, 0.717) is 37.2 Å². The zero-order valence-electron chi connectivity index (χ0n) is 14.2. The summed E-state index contributed by atoms with van der Waals surface area (Å²) in [7, 11) is 0. The Morgan fingerprint density at radius 3 is 2.52 bits per heavy atom. The normalized spacial score (nSPS) is 14.4. The average molecular weight is 368 g/mol. The maximum atomic E-state index is 11.7. The first-order valence-electron chi connectivity index (χ1n) is 8.24. The Labute approximate surface area is 154 Å². The van der Waals surface area contributed by atoms with Crippen molar-refractivity contribution in [1.29, 1.82) is 5.26 Å². The van der Waals surface area contributed by atoms with Crippen LogP contribution in [0.3, 0.4) is 0 Å². The molecule has 0 atom stereocenters. The fourth-order valence-electron chi connectivity index (χ4n) is 2.96. The van der Waals surface area contributed by atoms with Crippen LogP contribution in [0.15, 0.2) is 30.6 Å². The third-order valence-corrected chi connectivity index (χ3v) is 4.41. The van der Waals surface area contributed by atoms with Gasteiger partial charge in [0.2, 0.25) is 11.6 Å². The van der Waals surface area contributed by atoms with E-state index >= 15 is 0 Å². The summed E-state index contributed by atoms with van der Waals surface area (Å²) < 4.78 is 0. The van der Waals surface area contributed by atoms with E-state index in [1.54, 1.807) is 29.2 Å². The molecule has 1 saturated heterocycles. The highest BCUT2D eigenvalue weighted by atomic mass is 16.6. The van der Waals surface area contributed by atoms with Crippen molar-refractivity contribution in [3.63, 3.8) is 0 Å². The second kappa shape index (κ2) is 7.65. The second-order valence-electron chi connectivity index (χ2n) is 6.07. The highest BCUT2D eigenvalue weighted by Gasteiger charge is 2.31. The van der Waals surface area contributed by atoms with Crippen LogP contribution in [0, 0.1) is 27.4 Å². The molecule has 0 spiro atoms. The molecule has 2 N–H and O–H groups in total. The van der Waals surface area contributed by atoms with Crippen molar-refractivity contribution in [1.82, 2.24) is 9.97 Å². The van der Waals surface area contributed by atoms with Crippen LogP contribution in [0.1, 0.15) is 18.4 Å². The molecule has 0 unspecified atom stereocenters. The quantitative estimate of drug-likeness (QED) is 0.599. The van der Waals surface area contributed by atoms with E-state index in [0.717, 1.165) is 0 Å². The Morgan fingerprint density at radius 2 is 1.96 bits per heavy atom. The molecular formula is C17H16N6O4. The highest BCUT2D eigenvalue weighted by molar-refractivity contribution is 5.75. The Hall–Kier alpha value is -3.74. The number of nitriles is 1. The summed E-state index contributed by atoms with van der Waals surface area (Å²) in [5.41, 5.74) is 0.752.